The Morgan fingerprint density at radius 2 is 1.71 bits per heavy atom. The van der Waals surface area contributed by atoms with Gasteiger partial charge < -0.3 is 0 Å². The van der Waals surface area contributed by atoms with Crippen LogP contribution in [0.2, 0.25) is 0 Å². The van der Waals surface area contributed by atoms with E-state index in [1.165, 1.54) is 9.79 Å². The van der Waals surface area contributed by atoms with Crippen LogP contribution in [0.4, 0.5) is 0 Å². The third-order valence-electron chi connectivity index (χ3n) is 1.04. The summed E-state index contributed by atoms with van der Waals surface area (Å²) in [6, 6.07) is 8.52. The molecule has 2 aliphatic heterocycles. The summed E-state index contributed by atoms with van der Waals surface area (Å²) in [4.78, 5) is 2.80. The van der Waals surface area contributed by atoms with Crippen molar-refractivity contribution in [1.29, 1.82) is 0 Å². The summed E-state index contributed by atoms with van der Waals surface area (Å²) in [7, 11) is 0. The van der Waals surface area contributed by atoms with Crippen molar-refractivity contribution in [1.82, 2.24) is 0 Å². The number of benzene rings is 1. The fourth-order valence-corrected chi connectivity index (χ4v) is 1.43. The first-order valence-corrected chi connectivity index (χ1v) is 3.05. The SMILES string of the molecule is c1cc2cc(c1)S2. The Hall–Kier alpha value is -0.430. The largest absolute Gasteiger partial charge is 0.0900 e. The van der Waals surface area contributed by atoms with Gasteiger partial charge in [-0.2, -0.15) is 0 Å². The van der Waals surface area contributed by atoms with Crippen molar-refractivity contribution in [2.24, 2.45) is 0 Å². The van der Waals surface area contributed by atoms with Crippen LogP contribution in [0.25, 0.3) is 0 Å². The first-order valence-electron chi connectivity index (χ1n) is 2.23. The predicted molar refractivity (Wildman–Crippen MR) is 30.6 cm³/mol. The minimum atomic E-state index is 1.40. The second-order valence-corrected chi connectivity index (χ2v) is 2.72. The molecule has 3 rings (SSSR count). The van der Waals surface area contributed by atoms with E-state index < -0.39 is 0 Å². The lowest BCUT2D eigenvalue weighted by Crippen LogP contribution is -1.81. The maximum absolute atomic E-state index is 2.19. The number of fused-ring (bicyclic) bond motifs is 2. The van der Waals surface area contributed by atoms with Gasteiger partial charge >= 0.3 is 0 Å². The molecule has 0 spiro atoms. The van der Waals surface area contributed by atoms with Crippen LogP contribution >= 0.6 is 11.8 Å². The minimum Gasteiger partial charge on any atom is -0.0900 e. The molecular formula is C6H4S. The van der Waals surface area contributed by atoms with Gasteiger partial charge in [0.1, 0.15) is 0 Å². The molecule has 0 amide bonds. The van der Waals surface area contributed by atoms with Crippen LogP contribution in [0.3, 0.4) is 0 Å². The van der Waals surface area contributed by atoms with Crippen molar-refractivity contribution in [3.63, 3.8) is 0 Å². The summed E-state index contributed by atoms with van der Waals surface area (Å²) < 4.78 is 0. The van der Waals surface area contributed by atoms with Crippen molar-refractivity contribution >= 4 is 11.8 Å². The average molecular weight is 108 g/mol. The highest BCUT2D eigenvalue weighted by Crippen LogP contribution is 2.37. The molecule has 2 bridgehead atoms. The van der Waals surface area contributed by atoms with E-state index in [2.05, 4.69) is 24.3 Å². The monoisotopic (exact) mass is 108 g/mol. The second kappa shape index (κ2) is 1.04. The van der Waals surface area contributed by atoms with E-state index in [1.807, 2.05) is 11.8 Å². The summed E-state index contributed by atoms with van der Waals surface area (Å²) in [5.41, 5.74) is 0. The maximum atomic E-state index is 2.19. The Morgan fingerprint density at radius 1 is 1.14 bits per heavy atom. The minimum absolute atomic E-state index is 1.40. The molecule has 0 nitrogen and oxygen atoms in total. The van der Waals surface area contributed by atoms with E-state index in [4.69, 9.17) is 0 Å². The molecule has 0 aliphatic carbocycles. The van der Waals surface area contributed by atoms with Crippen LogP contribution in [-0.4, -0.2) is 0 Å². The molecule has 0 N–H and O–H groups in total. The highest BCUT2D eigenvalue weighted by Gasteiger charge is 2.05. The van der Waals surface area contributed by atoms with Crippen molar-refractivity contribution in [3.8, 4) is 0 Å². The van der Waals surface area contributed by atoms with E-state index in [9.17, 15) is 0 Å². The number of rotatable bonds is 0. The van der Waals surface area contributed by atoms with Gasteiger partial charge in [-0.3, -0.25) is 0 Å². The van der Waals surface area contributed by atoms with Gasteiger partial charge in [-0.25, -0.2) is 0 Å². The van der Waals surface area contributed by atoms with E-state index in [0.29, 0.717) is 0 Å². The molecule has 0 fully saturated rings. The van der Waals surface area contributed by atoms with Crippen LogP contribution in [0.15, 0.2) is 34.1 Å². The van der Waals surface area contributed by atoms with Gasteiger partial charge in [0, 0.05) is 9.79 Å². The summed E-state index contributed by atoms with van der Waals surface area (Å²) in [5.74, 6) is 0. The molecule has 0 saturated carbocycles. The van der Waals surface area contributed by atoms with Crippen molar-refractivity contribution in [2.75, 3.05) is 0 Å². The average Bonchev–Trinajstić information content (AvgIpc) is 1.67. The molecule has 2 heterocycles. The zero-order valence-corrected chi connectivity index (χ0v) is 4.53. The van der Waals surface area contributed by atoms with E-state index in [1.54, 1.807) is 0 Å². The van der Waals surface area contributed by atoms with Gasteiger partial charge in [0.2, 0.25) is 0 Å². The van der Waals surface area contributed by atoms with Crippen molar-refractivity contribution < 1.29 is 0 Å². The van der Waals surface area contributed by atoms with Crippen LogP contribution in [0.1, 0.15) is 0 Å². The Bertz CT molecular complexity index is 168. The highest BCUT2D eigenvalue weighted by atomic mass is 32.2. The molecular weight excluding hydrogens is 104 g/mol. The van der Waals surface area contributed by atoms with Crippen LogP contribution in [-0.2, 0) is 0 Å². The van der Waals surface area contributed by atoms with E-state index >= 15 is 0 Å². The Morgan fingerprint density at radius 3 is 1.86 bits per heavy atom. The van der Waals surface area contributed by atoms with E-state index in [-0.39, 0.29) is 0 Å². The number of hydrogen-bond acceptors (Lipinski definition) is 1. The van der Waals surface area contributed by atoms with Gasteiger partial charge in [-0.1, -0.05) is 17.8 Å². The van der Waals surface area contributed by atoms with Gasteiger partial charge in [-0.15, -0.1) is 0 Å². The molecule has 1 aromatic carbocycles. The Balaban J connectivity index is 2.78. The summed E-state index contributed by atoms with van der Waals surface area (Å²) in [5, 5.41) is 0. The fraction of sp³-hybridized carbons (Fsp3) is 0. The molecule has 7 heavy (non-hydrogen) atoms. The van der Waals surface area contributed by atoms with Gasteiger partial charge in [0.15, 0.2) is 0 Å². The van der Waals surface area contributed by atoms with Crippen molar-refractivity contribution in [3.05, 3.63) is 24.3 Å². The predicted octanol–water partition coefficient (Wildman–Crippen LogP) is 2.15. The normalized spacial score (nSPS) is 13.1. The lowest BCUT2D eigenvalue weighted by atomic mass is 10.3. The summed E-state index contributed by atoms with van der Waals surface area (Å²) in [6.07, 6.45) is 0. The zero-order valence-electron chi connectivity index (χ0n) is 3.72. The standard InChI is InChI=1S/C6H4S/c1-2-5-4-6(3-1)7-5/h1-4H. The molecule has 0 radical (unpaired) electrons. The first kappa shape index (κ1) is 3.56. The van der Waals surface area contributed by atoms with Crippen molar-refractivity contribution in [2.45, 2.75) is 9.79 Å². The lowest BCUT2D eigenvalue weighted by Gasteiger charge is -2.10. The molecule has 0 atom stereocenters. The fourth-order valence-electron chi connectivity index (χ4n) is 0.679. The first-order chi connectivity index (χ1) is 3.45. The summed E-state index contributed by atoms with van der Waals surface area (Å²) >= 11 is 1.85. The molecule has 1 heteroatoms. The van der Waals surface area contributed by atoms with Gasteiger partial charge in [0.05, 0.1) is 0 Å². The molecule has 0 saturated heterocycles. The topological polar surface area (TPSA) is 0 Å². The Kier molecular flexibility index (Phi) is 0.529. The Labute approximate surface area is 46.5 Å². The molecule has 1 aromatic rings. The van der Waals surface area contributed by atoms with Crippen LogP contribution < -0.4 is 0 Å². The molecule has 34 valence electrons. The molecule has 2 aliphatic rings. The van der Waals surface area contributed by atoms with Crippen LogP contribution in [0, 0.1) is 0 Å². The maximum Gasteiger partial charge on any atom is 0.0133 e. The van der Waals surface area contributed by atoms with Gasteiger partial charge in [0.25, 0.3) is 0 Å². The third-order valence-corrected chi connectivity index (χ3v) is 2.02. The van der Waals surface area contributed by atoms with E-state index in [0.717, 1.165) is 0 Å². The van der Waals surface area contributed by atoms with Crippen LogP contribution in [0.5, 0.6) is 0 Å². The molecule has 0 aromatic heterocycles. The van der Waals surface area contributed by atoms with Gasteiger partial charge in [-0.05, 0) is 18.2 Å². The quantitative estimate of drug-likeness (QED) is 0.498. The lowest BCUT2D eigenvalue weighted by molar-refractivity contribution is 1.26. The zero-order chi connectivity index (χ0) is 4.69. The smallest absolute Gasteiger partial charge is 0.0133 e. The second-order valence-electron chi connectivity index (χ2n) is 1.58. The number of hydrogen-bond donors (Lipinski definition) is 0. The summed E-state index contributed by atoms with van der Waals surface area (Å²) in [6.45, 7) is 0. The third kappa shape index (κ3) is 0.386. The molecule has 0 unspecified atom stereocenters. The highest BCUT2D eigenvalue weighted by molar-refractivity contribution is 8.00.